The maximum absolute atomic E-state index is 13.4. The average molecular weight is 315 g/mol. The van der Waals surface area contributed by atoms with E-state index >= 15 is 0 Å². The fraction of sp³-hybridized carbons (Fsp3) is 0.571. The summed E-state index contributed by atoms with van der Waals surface area (Å²) in [7, 11) is -3.24. The monoisotopic (exact) mass is 315 g/mol. The molecule has 1 aromatic rings. The van der Waals surface area contributed by atoms with Crippen LogP contribution in [0, 0.1) is 5.82 Å². The van der Waals surface area contributed by atoms with Crippen LogP contribution in [0.1, 0.15) is 30.9 Å². The van der Waals surface area contributed by atoms with Gasteiger partial charge in [0, 0.05) is 17.8 Å². The van der Waals surface area contributed by atoms with Crippen molar-refractivity contribution in [1.29, 1.82) is 0 Å². The molecule has 3 rings (SSSR count). The van der Waals surface area contributed by atoms with Gasteiger partial charge in [0.1, 0.15) is 5.82 Å². The van der Waals surface area contributed by atoms with Gasteiger partial charge in [0.05, 0.1) is 10.6 Å². The highest BCUT2D eigenvalue weighted by Crippen LogP contribution is 2.33. The first kappa shape index (κ1) is 14.4. The van der Waals surface area contributed by atoms with Crippen molar-refractivity contribution in [1.82, 2.24) is 5.32 Å². The van der Waals surface area contributed by atoms with Gasteiger partial charge in [-0.1, -0.05) is 0 Å². The van der Waals surface area contributed by atoms with Gasteiger partial charge in [-0.3, -0.25) is 0 Å². The lowest BCUT2D eigenvalue weighted by atomic mass is 10.0. The zero-order valence-corrected chi connectivity index (χ0v) is 12.8. The molecular weight excluding hydrogens is 297 g/mol. The summed E-state index contributed by atoms with van der Waals surface area (Å²) in [6.07, 6.45) is 2.98. The molecule has 0 aromatic heterocycles. The van der Waals surface area contributed by atoms with Gasteiger partial charge < -0.3 is 5.32 Å². The van der Waals surface area contributed by atoms with Gasteiger partial charge >= 0.3 is 0 Å². The largest absolute Gasteiger partial charge is 0.309 e. The lowest BCUT2D eigenvalue weighted by molar-refractivity contribution is 0.484. The summed E-state index contributed by atoms with van der Waals surface area (Å²) in [4.78, 5) is 0.293. The van der Waals surface area contributed by atoms with Crippen LogP contribution in [0.15, 0.2) is 23.1 Å². The molecular formula is C14H18FNO2S2. The number of fused-ring (bicyclic) bond motifs is 1. The van der Waals surface area contributed by atoms with Gasteiger partial charge in [-0.2, -0.15) is 11.8 Å². The van der Waals surface area contributed by atoms with Crippen LogP contribution in [0.25, 0.3) is 0 Å². The molecule has 0 bridgehead atoms. The van der Waals surface area contributed by atoms with E-state index < -0.39 is 9.84 Å². The van der Waals surface area contributed by atoms with E-state index in [9.17, 15) is 12.8 Å². The molecule has 2 atom stereocenters. The predicted octanol–water partition coefficient (Wildman–Crippen LogP) is 2.53. The number of hydrogen-bond donors (Lipinski definition) is 1. The summed E-state index contributed by atoms with van der Waals surface area (Å²) in [5, 5.41) is 4.04. The van der Waals surface area contributed by atoms with Crippen LogP contribution >= 0.6 is 11.8 Å². The summed E-state index contributed by atoms with van der Waals surface area (Å²) in [6.45, 7) is 0.866. The van der Waals surface area contributed by atoms with Crippen LogP contribution in [-0.2, 0) is 9.84 Å². The standard InChI is InChI=1S/C14H18FNO2S2/c15-10-3-4-14-12(8-10)13(5-7-20(14,17)18)16-9-11-2-1-6-19-11/h3-4,8,11,13,16H,1-2,5-7,9H2. The second kappa shape index (κ2) is 5.66. The molecule has 0 aliphatic carbocycles. The normalized spacial score (nSPS) is 28.2. The van der Waals surface area contributed by atoms with E-state index in [1.807, 2.05) is 11.8 Å². The SMILES string of the molecule is O=S1(=O)CCC(NCC2CCCS2)c2cc(F)ccc21. The molecule has 1 saturated heterocycles. The number of hydrogen-bond acceptors (Lipinski definition) is 4. The maximum Gasteiger partial charge on any atom is 0.178 e. The molecule has 1 fully saturated rings. The summed E-state index contributed by atoms with van der Waals surface area (Å²) in [5.74, 6) is 0.973. The first-order valence-electron chi connectivity index (χ1n) is 6.93. The molecule has 110 valence electrons. The van der Waals surface area contributed by atoms with E-state index in [1.54, 1.807) is 0 Å². The molecule has 20 heavy (non-hydrogen) atoms. The maximum atomic E-state index is 13.4. The van der Waals surface area contributed by atoms with Crippen molar-refractivity contribution in [3.63, 3.8) is 0 Å². The molecule has 1 aromatic carbocycles. The lowest BCUT2D eigenvalue weighted by Crippen LogP contribution is -2.33. The first-order chi connectivity index (χ1) is 9.56. The molecule has 0 spiro atoms. The molecule has 2 heterocycles. The van der Waals surface area contributed by atoms with E-state index in [1.165, 1.54) is 36.8 Å². The van der Waals surface area contributed by atoms with Crippen LogP contribution < -0.4 is 5.32 Å². The highest BCUT2D eigenvalue weighted by atomic mass is 32.2. The van der Waals surface area contributed by atoms with E-state index in [0.717, 1.165) is 6.54 Å². The average Bonchev–Trinajstić information content (AvgIpc) is 2.90. The predicted molar refractivity (Wildman–Crippen MR) is 79.3 cm³/mol. The highest BCUT2D eigenvalue weighted by molar-refractivity contribution is 8.00. The minimum absolute atomic E-state index is 0.0505. The molecule has 0 saturated carbocycles. The van der Waals surface area contributed by atoms with E-state index in [-0.39, 0.29) is 17.6 Å². The third-order valence-electron chi connectivity index (χ3n) is 3.97. The number of rotatable bonds is 3. The summed E-state index contributed by atoms with van der Waals surface area (Å²) in [5.41, 5.74) is 0.597. The zero-order chi connectivity index (χ0) is 14.2. The van der Waals surface area contributed by atoms with E-state index in [0.29, 0.717) is 22.1 Å². The van der Waals surface area contributed by atoms with Crippen molar-refractivity contribution < 1.29 is 12.8 Å². The van der Waals surface area contributed by atoms with Crippen molar-refractivity contribution in [2.24, 2.45) is 0 Å². The Bertz CT molecular complexity index is 597. The second-order valence-electron chi connectivity index (χ2n) is 5.39. The van der Waals surface area contributed by atoms with Gasteiger partial charge in [0.25, 0.3) is 0 Å². The zero-order valence-electron chi connectivity index (χ0n) is 11.1. The summed E-state index contributed by atoms with van der Waals surface area (Å²) in [6, 6.07) is 3.94. The Morgan fingerprint density at radius 1 is 1.35 bits per heavy atom. The minimum Gasteiger partial charge on any atom is -0.309 e. The van der Waals surface area contributed by atoms with Crippen LogP contribution in [0.2, 0.25) is 0 Å². The Kier molecular flexibility index (Phi) is 4.06. The molecule has 2 aliphatic heterocycles. The highest BCUT2D eigenvalue weighted by Gasteiger charge is 2.31. The fourth-order valence-electron chi connectivity index (χ4n) is 2.90. The molecule has 3 nitrogen and oxygen atoms in total. The smallest absolute Gasteiger partial charge is 0.178 e. The van der Waals surface area contributed by atoms with Crippen molar-refractivity contribution >= 4 is 21.6 Å². The third-order valence-corrected chi connectivity index (χ3v) is 7.19. The van der Waals surface area contributed by atoms with Crippen molar-refractivity contribution in [2.75, 3.05) is 18.1 Å². The Morgan fingerprint density at radius 2 is 2.20 bits per heavy atom. The van der Waals surface area contributed by atoms with Gasteiger partial charge in [-0.15, -0.1) is 0 Å². The Hall–Kier alpha value is -0.590. The lowest BCUT2D eigenvalue weighted by Gasteiger charge is -2.27. The van der Waals surface area contributed by atoms with Crippen molar-refractivity contribution in [2.45, 2.75) is 35.4 Å². The van der Waals surface area contributed by atoms with Gasteiger partial charge in [-0.25, -0.2) is 12.8 Å². The van der Waals surface area contributed by atoms with Crippen molar-refractivity contribution in [3.8, 4) is 0 Å². The Balaban J connectivity index is 1.81. The minimum atomic E-state index is -3.24. The topological polar surface area (TPSA) is 46.2 Å². The number of halogens is 1. The molecule has 0 amide bonds. The van der Waals surface area contributed by atoms with Crippen LogP contribution in [0.4, 0.5) is 4.39 Å². The second-order valence-corrected chi connectivity index (χ2v) is 8.87. The number of nitrogens with one attached hydrogen (secondary N) is 1. The van der Waals surface area contributed by atoms with Gasteiger partial charge in [-0.05, 0) is 48.8 Å². The molecule has 2 aliphatic rings. The quantitative estimate of drug-likeness (QED) is 0.871. The van der Waals surface area contributed by atoms with Crippen LogP contribution in [-0.4, -0.2) is 31.7 Å². The fourth-order valence-corrected chi connectivity index (χ4v) is 5.72. The van der Waals surface area contributed by atoms with Crippen molar-refractivity contribution in [3.05, 3.63) is 29.6 Å². The molecule has 1 N–H and O–H groups in total. The Morgan fingerprint density at radius 3 is 2.95 bits per heavy atom. The first-order valence-corrected chi connectivity index (χ1v) is 9.63. The van der Waals surface area contributed by atoms with Gasteiger partial charge in [0.2, 0.25) is 0 Å². The van der Waals surface area contributed by atoms with E-state index in [4.69, 9.17) is 0 Å². The van der Waals surface area contributed by atoms with Gasteiger partial charge in [0.15, 0.2) is 9.84 Å². The van der Waals surface area contributed by atoms with Crippen LogP contribution in [0.3, 0.4) is 0 Å². The molecule has 6 heteroatoms. The summed E-state index contributed by atoms with van der Waals surface area (Å²) >= 11 is 1.96. The van der Waals surface area contributed by atoms with E-state index in [2.05, 4.69) is 5.32 Å². The molecule has 0 radical (unpaired) electrons. The number of thioether (sulfide) groups is 1. The summed E-state index contributed by atoms with van der Waals surface area (Å²) < 4.78 is 37.5. The number of benzene rings is 1. The van der Waals surface area contributed by atoms with Crippen LogP contribution in [0.5, 0.6) is 0 Å². The number of sulfone groups is 1. The third kappa shape index (κ3) is 2.87. The molecule has 2 unspecified atom stereocenters. The Labute approximate surface area is 123 Å².